The smallest absolute Gasteiger partial charge is 0.337 e. The van der Waals surface area contributed by atoms with Gasteiger partial charge in [-0.2, -0.15) is 0 Å². The first-order valence-corrected chi connectivity index (χ1v) is 5.60. The Balaban J connectivity index is 2.49. The predicted octanol–water partition coefficient (Wildman–Crippen LogP) is 3.15. The van der Waals surface area contributed by atoms with Gasteiger partial charge in [0.05, 0.1) is 12.7 Å². The molecule has 0 atom stereocenters. The van der Waals surface area contributed by atoms with Gasteiger partial charge in [-0.3, -0.25) is 0 Å². The molecular formula is C15H14O3. The molecule has 2 rings (SSSR count). The number of hydrogen-bond acceptors (Lipinski definition) is 3. The molecular weight excluding hydrogens is 228 g/mol. The number of methoxy groups -OCH3 is 1. The molecule has 0 spiro atoms. The summed E-state index contributed by atoms with van der Waals surface area (Å²) in [5, 5.41) is 9.86. The molecule has 0 aliphatic carbocycles. The van der Waals surface area contributed by atoms with E-state index in [1.165, 1.54) is 13.2 Å². The maximum atomic E-state index is 11.5. The lowest BCUT2D eigenvalue weighted by Gasteiger charge is -2.07. The van der Waals surface area contributed by atoms with Crippen LogP contribution < -0.4 is 0 Å². The van der Waals surface area contributed by atoms with E-state index in [2.05, 4.69) is 4.74 Å². The van der Waals surface area contributed by atoms with Crippen LogP contribution in [0.3, 0.4) is 0 Å². The average molecular weight is 242 g/mol. The summed E-state index contributed by atoms with van der Waals surface area (Å²) in [5.41, 5.74) is 3.05. The molecule has 0 heterocycles. The lowest BCUT2D eigenvalue weighted by atomic mass is 10.0. The van der Waals surface area contributed by atoms with Crippen LogP contribution in [0.4, 0.5) is 0 Å². The largest absolute Gasteiger partial charge is 0.507 e. The van der Waals surface area contributed by atoms with Crippen molar-refractivity contribution in [2.45, 2.75) is 6.92 Å². The standard InChI is InChI=1S/C15H14O3/c1-10-3-5-11(6-4-10)13-9-12(15(17)18-2)7-8-14(13)16/h3-9,16H,1-2H3. The van der Waals surface area contributed by atoms with E-state index in [-0.39, 0.29) is 5.75 Å². The summed E-state index contributed by atoms with van der Waals surface area (Å²) in [6.07, 6.45) is 0. The van der Waals surface area contributed by atoms with Crippen LogP contribution >= 0.6 is 0 Å². The minimum absolute atomic E-state index is 0.145. The normalized spacial score (nSPS) is 10.1. The molecule has 1 N–H and O–H groups in total. The number of esters is 1. The maximum absolute atomic E-state index is 11.5. The molecule has 0 aromatic heterocycles. The Bertz CT molecular complexity index is 571. The first kappa shape index (κ1) is 12.2. The van der Waals surface area contributed by atoms with Crippen LogP contribution in [0.2, 0.25) is 0 Å². The van der Waals surface area contributed by atoms with Crippen molar-refractivity contribution in [1.82, 2.24) is 0 Å². The second kappa shape index (κ2) is 4.92. The van der Waals surface area contributed by atoms with Gasteiger partial charge in [0.2, 0.25) is 0 Å². The lowest BCUT2D eigenvalue weighted by molar-refractivity contribution is 0.0601. The van der Waals surface area contributed by atoms with E-state index in [1.807, 2.05) is 31.2 Å². The van der Waals surface area contributed by atoms with Gasteiger partial charge >= 0.3 is 5.97 Å². The number of hydrogen-bond donors (Lipinski definition) is 1. The van der Waals surface area contributed by atoms with Crippen LogP contribution in [0.5, 0.6) is 5.75 Å². The summed E-state index contributed by atoms with van der Waals surface area (Å²) in [4.78, 5) is 11.5. The Morgan fingerprint density at radius 3 is 2.39 bits per heavy atom. The monoisotopic (exact) mass is 242 g/mol. The third kappa shape index (κ3) is 2.35. The van der Waals surface area contributed by atoms with Crippen LogP contribution in [0.15, 0.2) is 42.5 Å². The van der Waals surface area contributed by atoms with Gasteiger partial charge in [-0.1, -0.05) is 29.8 Å². The molecule has 92 valence electrons. The average Bonchev–Trinajstić information content (AvgIpc) is 2.39. The van der Waals surface area contributed by atoms with Crippen molar-refractivity contribution in [2.24, 2.45) is 0 Å². The maximum Gasteiger partial charge on any atom is 0.337 e. The Kier molecular flexibility index (Phi) is 3.33. The molecule has 0 bridgehead atoms. The van der Waals surface area contributed by atoms with Gasteiger partial charge in [0, 0.05) is 5.56 Å². The van der Waals surface area contributed by atoms with Crippen LogP contribution in [0, 0.1) is 6.92 Å². The highest BCUT2D eigenvalue weighted by Crippen LogP contribution is 2.30. The number of aromatic hydroxyl groups is 1. The summed E-state index contributed by atoms with van der Waals surface area (Å²) in [6, 6.07) is 12.4. The molecule has 0 radical (unpaired) electrons. The molecule has 0 fully saturated rings. The predicted molar refractivity (Wildman–Crippen MR) is 69.6 cm³/mol. The Hall–Kier alpha value is -2.29. The molecule has 0 aliphatic heterocycles. The minimum atomic E-state index is -0.414. The van der Waals surface area contributed by atoms with Crippen LogP contribution in [0.25, 0.3) is 11.1 Å². The van der Waals surface area contributed by atoms with Crippen molar-refractivity contribution < 1.29 is 14.6 Å². The molecule has 0 unspecified atom stereocenters. The first-order valence-electron chi connectivity index (χ1n) is 5.60. The van der Waals surface area contributed by atoms with Crippen LogP contribution in [-0.4, -0.2) is 18.2 Å². The fourth-order valence-electron chi connectivity index (χ4n) is 1.75. The highest BCUT2D eigenvalue weighted by molar-refractivity contribution is 5.91. The number of rotatable bonds is 2. The number of phenolic OH excluding ortho intramolecular Hbond substituents is 1. The Labute approximate surface area is 106 Å². The second-order valence-electron chi connectivity index (χ2n) is 4.09. The number of phenols is 1. The van der Waals surface area contributed by atoms with E-state index in [0.717, 1.165) is 11.1 Å². The van der Waals surface area contributed by atoms with E-state index in [0.29, 0.717) is 11.1 Å². The quantitative estimate of drug-likeness (QED) is 0.823. The van der Waals surface area contributed by atoms with E-state index >= 15 is 0 Å². The van der Waals surface area contributed by atoms with Gasteiger partial charge in [0.15, 0.2) is 0 Å². The topological polar surface area (TPSA) is 46.5 Å². The van der Waals surface area contributed by atoms with Gasteiger partial charge in [0.1, 0.15) is 5.75 Å². The molecule has 2 aromatic rings. The van der Waals surface area contributed by atoms with Gasteiger partial charge in [0.25, 0.3) is 0 Å². The molecule has 0 aliphatic rings. The number of benzene rings is 2. The zero-order valence-electron chi connectivity index (χ0n) is 10.3. The molecule has 0 amide bonds. The SMILES string of the molecule is COC(=O)c1ccc(O)c(-c2ccc(C)cc2)c1. The highest BCUT2D eigenvalue weighted by atomic mass is 16.5. The Morgan fingerprint density at radius 2 is 1.78 bits per heavy atom. The molecule has 18 heavy (non-hydrogen) atoms. The second-order valence-corrected chi connectivity index (χ2v) is 4.09. The van der Waals surface area contributed by atoms with Gasteiger partial charge < -0.3 is 9.84 Å². The van der Waals surface area contributed by atoms with E-state index in [4.69, 9.17) is 0 Å². The van der Waals surface area contributed by atoms with Crippen molar-refractivity contribution in [1.29, 1.82) is 0 Å². The summed E-state index contributed by atoms with van der Waals surface area (Å²) in [7, 11) is 1.33. The van der Waals surface area contributed by atoms with Crippen LogP contribution in [-0.2, 0) is 4.74 Å². The number of carbonyl (C=O) groups excluding carboxylic acids is 1. The third-order valence-corrected chi connectivity index (χ3v) is 2.78. The van der Waals surface area contributed by atoms with E-state index in [1.54, 1.807) is 12.1 Å². The van der Waals surface area contributed by atoms with Crippen LogP contribution in [0.1, 0.15) is 15.9 Å². The van der Waals surface area contributed by atoms with Gasteiger partial charge in [-0.05, 0) is 30.7 Å². The van der Waals surface area contributed by atoms with Gasteiger partial charge in [-0.25, -0.2) is 4.79 Å². The lowest BCUT2D eigenvalue weighted by Crippen LogP contribution is -2.00. The summed E-state index contributed by atoms with van der Waals surface area (Å²) in [5.74, 6) is -0.269. The number of aryl methyl sites for hydroxylation is 1. The summed E-state index contributed by atoms with van der Waals surface area (Å²) >= 11 is 0. The third-order valence-electron chi connectivity index (χ3n) is 2.78. The van der Waals surface area contributed by atoms with Crippen molar-refractivity contribution in [3.05, 3.63) is 53.6 Å². The zero-order valence-corrected chi connectivity index (χ0v) is 10.3. The molecule has 0 saturated carbocycles. The van der Waals surface area contributed by atoms with Gasteiger partial charge in [-0.15, -0.1) is 0 Å². The molecule has 3 heteroatoms. The van der Waals surface area contributed by atoms with E-state index < -0.39 is 5.97 Å². The molecule has 2 aromatic carbocycles. The fraction of sp³-hybridized carbons (Fsp3) is 0.133. The zero-order chi connectivity index (χ0) is 13.1. The van der Waals surface area contributed by atoms with Crippen molar-refractivity contribution in [3.8, 4) is 16.9 Å². The minimum Gasteiger partial charge on any atom is -0.507 e. The highest BCUT2D eigenvalue weighted by Gasteiger charge is 2.10. The van der Waals surface area contributed by atoms with Crippen molar-refractivity contribution >= 4 is 5.97 Å². The first-order chi connectivity index (χ1) is 8.61. The van der Waals surface area contributed by atoms with Crippen molar-refractivity contribution in [2.75, 3.05) is 7.11 Å². The summed E-state index contributed by atoms with van der Waals surface area (Å²) < 4.78 is 4.67. The fourth-order valence-corrected chi connectivity index (χ4v) is 1.75. The number of ether oxygens (including phenoxy) is 1. The van der Waals surface area contributed by atoms with E-state index in [9.17, 15) is 9.90 Å². The molecule has 3 nitrogen and oxygen atoms in total. The number of carbonyl (C=O) groups is 1. The van der Waals surface area contributed by atoms with Crippen molar-refractivity contribution in [3.63, 3.8) is 0 Å². The Morgan fingerprint density at radius 1 is 1.11 bits per heavy atom. The summed E-state index contributed by atoms with van der Waals surface area (Å²) in [6.45, 7) is 1.99. The molecule has 0 saturated heterocycles.